The molecule has 0 heterocycles. The summed E-state index contributed by atoms with van der Waals surface area (Å²) >= 11 is 0. The fourth-order valence-electron chi connectivity index (χ4n) is 3.66. The van der Waals surface area contributed by atoms with Gasteiger partial charge in [-0.1, -0.05) is 96.8 Å². The minimum atomic E-state index is -0.189. The highest BCUT2D eigenvalue weighted by Crippen LogP contribution is 2.14. The molecule has 0 aliphatic heterocycles. The maximum absolute atomic E-state index is 10.2. The van der Waals surface area contributed by atoms with Gasteiger partial charge in [-0.15, -0.1) is 0 Å². The molecule has 4 nitrogen and oxygen atoms in total. The zero-order valence-corrected chi connectivity index (χ0v) is 17.6. The topological polar surface area (TPSA) is 60.7 Å². The van der Waals surface area contributed by atoms with Crippen LogP contribution >= 0.6 is 0 Å². The Morgan fingerprint density at radius 2 is 0.769 bits per heavy atom. The van der Waals surface area contributed by atoms with Crippen LogP contribution in [0.1, 0.15) is 110 Å². The van der Waals surface area contributed by atoms with Crippen LogP contribution in [0.3, 0.4) is 0 Å². The van der Waals surface area contributed by atoms with Crippen LogP contribution < -0.4 is 0 Å². The van der Waals surface area contributed by atoms with Crippen molar-refractivity contribution < 1.29 is 20.1 Å². The maximum Gasteiger partial charge on any atom is 0.132 e. The third-order valence-electron chi connectivity index (χ3n) is 5.46. The molecule has 0 unspecified atom stereocenters. The van der Waals surface area contributed by atoms with Crippen LogP contribution in [0.5, 0.6) is 0 Å². The lowest BCUT2D eigenvalue weighted by molar-refractivity contribution is -1.10. The summed E-state index contributed by atoms with van der Waals surface area (Å²) in [6.07, 6.45) is 21.4. The number of nitrogens with zero attached hydrogens (tertiary/aromatic N) is 1. The van der Waals surface area contributed by atoms with Crippen molar-refractivity contribution in [2.24, 2.45) is 0 Å². The second-order valence-corrected chi connectivity index (χ2v) is 8.02. The van der Waals surface area contributed by atoms with Crippen molar-refractivity contribution in [2.75, 3.05) is 32.8 Å². The lowest BCUT2D eigenvalue weighted by Crippen LogP contribution is -2.49. The molecule has 0 aliphatic carbocycles. The van der Waals surface area contributed by atoms with E-state index < -0.39 is 0 Å². The molecule has 0 aromatic rings. The molecule has 0 aliphatic rings. The average Bonchev–Trinajstić information content (AvgIpc) is 2.62. The summed E-state index contributed by atoms with van der Waals surface area (Å²) in [4.78, 5) is 0. The Morgan fingerprint density at radius 3 is 1.08 bits per heavy atom. The Morgan fingerprint density at radius 1 is 0.462 bits per heavy atom. The summed E-state index contributed by atoms with van der Waals surface area (Å²) in [5.74, 6) is 0. The molecule has 4 heteroatoms. The van der Waals surface area contributed by atoms with Crippen LogP contribution in [0.15, 0.2) is 0 Å². The van der Waals surface area contributed by atoms with E-state index in [4.69, 9.17) is 10.2 Å². The summed E-state index contributed by atoms with van der Waals surface area (Å²) < 4.78 is -0.189. The SMILES string of the molecule is CCCCCCCCCCCCCCCCCC[N+](O)(CCO)CCO. The first-order valence-corrected chi connectivity index (χ1v) is 11.5. The summed E-state index contributed by atoms with van der Waals surface area (Å²) in [7, 11) is 0. The Hall–Kier alpha value is -0.160. The minimum Gasteiger partial charge on any atom is -0.390 e. The smallest absolute Gasteiger partial charge is 0.132 e. The van der Waals surface area contributed by atoms with Gasteiger partial charge in [0.15, 0.2) is 0 Å². The van der Waals surface area contributed by atoms with E-state index in [9.17, 15) is 5.21 Å². The number of hydrogen-bond donors (Lipinski definition) is 3. The first kappa shape index (κ1) is 25.8. The average molecular weight is 375 g/mol. The van der Waals surface area contributed by atoms with E-state index in [1.165, 1.54) is 89.9 Å². The van der Waals surface area contributed by atoms with Crippen molar-refractivity contribution in [3.8, 4) is 0 Å². The van der Waals surface area contributed by atoms with Gasteiger partial charge >= 0.3 is 0 Å². The molecule has 0 spiro atoms. The molecule has 0 atom stereocenters. The van der Waals surface area contributed by atoms with Gasteiger partial charge < -0.3 is 10.2 Å². The third kappa shape index (κ3) is 17.3. The molecular formula is C22H48NO3+. The van der Waals surface area contributed by atoms with Gasteiger partial charge in [-0.2, -0.15) is 4.65 Å². The Kier molecular flexibility index (Phi) is 19.5. The monoisotopic (exact) mass is 374 g/mol. The van der Waals surface area contributed by atoms with Crippen molar-refractivity contribution >= 4 is 0 Å². The quantitative estimate of drug-likeness (QED) is 0.142. The first-order chi connectivity index (χ1) is 12.7. The van der Waals surface area contributed by atoms with Crippen LogP contribution in [-0.2, 0) is 0 Å². The molecule has 0 bridgehead atoms. The number of quaternary nitrogens is 1. The highest BCUT2D eigenvalue weighted by Gasteiger charge is 2.23. The minimum absolute atomic E-state index is 0.0324. The van der Waals surface area contributed by atoms with Crippen molar-refractivity contribution in [1.29, 1.82) is 0 Å². The lowest BCUT2D eigenvalue weighted by Gasteiger charge is -2.28. The molecule has 0 fully saturated rings. The van der Waals surface area contributed by atoms with Crippen molar-refractivity contribution in [1.82, 2.24) is 0 Å². The molecule has 26 heavy (non-hydrogen) atoms. The Balaban J connectivity index is 3.26. The van der Waals surface area contributed by atoms with Crippen LogP contribution in [0, 0.1) is 0 Å². The van der Waals surface area contributed by atoms with E-state index in [0.717, 1.165) is 12.8 Å². The molecule has 0 amide bonds. The van der Waals surface area contributed by atoms with Gasteiger partial charge in [-0.3, -0.25) is 0 Å². The second-order valence-electron chi connectivity index (χ2n) is 8.02. The summed E-state index contributed by atoms with van der Waals surface area (Å²) in [5.41, 5.74) is 0. The van der Waals surface area contributed by atoms with Crippen molar-refractivity contribution in [3.05, 3.63) is 0 Å². The van der Waals surface area contributed by atoms with Crippen LogP contribution in [-0.4, -0.2) is 52.9 Å². The molecule has 0 aromatic heterocycles. The van der Waals surface area contributed by atoms with Gasteiger partial charge in [0.2, 0.25) is 0 Å². The standard InChI is InChI=1S/C22H48NO3/c1-2-3-4-5-6-7-8-9-10-11-12-13-14-15-16-17-18-23(26,19-21-24)20-22-25/h24-26H,2-22H2,1H3/q+1. The summed E-state index contributed by atoms with van der Waals surface area (Å²) in [5, 5.41) is 28.3. The predicted octanol–water partition coefficient (Wildman–Crippen LogP) is 5.44. The van der Waals surface area contributed by atoms with Gasteiger partial charge in [-0.25, -0.2) is 5.21 Å². The zero-order valence-electron chi connectivity index (χ0n) is 17.6. The highest BCUT2D eigenvalue weighted by atomic mass is 16.5. The molecule has 158 valence electrons. The highest BCUT2D eigenvalue weighted by molar-refractivity contribution is 4.50. The van der Waals surface area contributed by atoms with E-state index in [2.05, 4.69) is 6.92 Å². The number of hydrogen-bond acceptors (Lipinski definition) is 3. The zero-order chi connectivity index (χ0) is 19.3. The van der Waals surface area contributed by atoms with Crippen molar-refractivity contribution in [3.63, 3.8) is 0 Å². The lowest BCUT2D eigenvalue weighted by atomic mass is 10.0. The van der Waals surface area contributed by atoms with Gasteiger partial charge in [0.25, 0.3) is 0 Å². The molecule has 3 N–H and O–H groups in total. The molecule has 0 saturated carbocycles. The molecular weight excluding hydrogens is 326 g/mol. The fraction of sp³-hybridized carbons (Fsp3) is 1.00. The van der Waals surface area contributed by atoms with Gasteiger partial charge in [0.1, 0.15) is 19.6 Å². The van der Waals surface area contributed by atoms with Gasteiger partial charge in [0.05, 0.1) is 13.2 Å². The molecule has 0 rings (SSSR count). The van der Waals surface area contributed by atoms with E-state index in [-0.39, 0.29) is 17.9 Å². The van der Waals surface area contributed by atoms with Crippen LogP contribution in [0.2, 0.25) is 0 Å². The van der Waals surface area contributed by atoms with Crippen molar-refractivity contribution in [2.45, 2.75) is 110 Å². The number of rotatable bonds is 21. The predicted molar refractivity (Wildman–Crippen MR) is 110 cm³/mol. The normalized spacial score (nSPS) is 12.0. The van der Waals surface area contributed by atoms with Gasteiger partial charge in [0, 0.05) is 0 Å². The number of aliphatic hydroxyl groups is 2. The summed E-state index contributed by atoms with van der Waals surface area (Å²) in [6.45, 7) is 3.49. The number of hydroxylamine groups is 3. The molecule has 0 aromatic carbocycles. The molecule has 0 radical (unpaired) electrons. The van der Waals surface area contributed by atoms with Crippen LogP contribution in [0.25, 0.3) is 0 Å². The Labute approximate surface area is 163 Å². The Bertz CT molecular complexity index is 268. The fourth-order valence-corrected chi connectivity index (χ4v) is 3.66. The third-order valence-corrected chi connectivity index (χ3v) is 5.46. The van der Waals surface area contributed by atoms with E-state index in [0.29, 0.717) is 19.6 Å². The van der Waals surface area contributed by atoms with E-state index in [1.54, 1.807) is 0 Å². The number of aliphatic hydroxyl groups excluding tert-OH is 2. The first-order valence-electron chi connectivity index (χ1n) is 11.5. The van der Waals surface area contributed by atoms with E-state index >= 15 is 0 Å². The maximum atomic E-state index is 10.2. The molecule has 0 saturated heterocycles. The largest absolute Gasteiger partial charge is 0.390 e. The second kappa shape index (κ2) is 19.6. The van der Waals surface area contributed by atoms with Gasteiger partial charge in [-0.05, 0) is 12.8 Å². The summed E-state index contributed by atoms with van der Waals surface area (Å²) in [6, 6.07) is 0. The van der Waals surface area contributed by atoms with E-state index in [1.807, 2.05) is 0 Å². The van der Waals surface area contributed by atoms with Crippen LogP contribution in [0.4, 0.5) is 0 Å². The number of unbranched alkanes of at least 4 members (excludes halogenated alkanes) is 15.